The number of carbonyl (C=O) groups excluding carboxylic acids is 1. The van der Waals surface area contributed by atoms with Gasteiger partial charge in [-0.05, 0) is 55.3 Å². The average Bonchev–Trinajstić information content (AvgIpc) is 2.43. The van der Waals surface area contributed by atoms with Gasteiger partial charge in [0.05, 0.1) is 7.11 Å². The minimum Gasteiger partial charge on any atom is -0.494 e. The Balaban J connectivity index is 2.44. The van der Waals surface area contributed by atoms with Crippen LogP contribution in [0.5, 0.6) is 5.75 Å². The SMILES string of the molecule is COc1ccc(C(=O)c2cc(C)c(F)c(C)c2)cc1F. The summed E-state index contributed by atoms with van der Waals surface area (Å²) in [5.41, 5.74) is 1.32. The summed E-state index contributed by atoms with van der Waals surface area (Å²) in [4.78, 5) is 12.3. The fraction of sp³-hybridized carbons (Fsp3) is 0.188. The van der Waals surface area contributed by atoms with Crippen molar-refractivity contribution in [3.8, 4) is 5.75 Å². The molecule has 2 rings (SSSR count). The first-order chi connectivity index (χ1) is 9.43. The van der Waals surface area contributed by atoms with Crippen LogP contribution in [0.3, 0.4) is 0 Å². The van der Waals surface area contributed by atoms with E-state index in [0.29, 0.717) is 16.7 Å². The van der Waals surface area contributed by atoms with E-state index < -0.39 is 5.82 Å². The van der Waals surface area contributed by atoms with Gasteiger partial charge < -0.3 is 4.74 Å². The number of methoxy groups -OCH3 is 1. The highest BCUT2D eigenvalue weighted by molar-refractivity contribution is 6.09. The van der Waals surface area contributed by atoms with Crippen molar-refractivity contribution in [2.75, 3.05) is 7.11 Å². The molecule has 0 spiro atoms. The van der Waals surface area contributed by atoms with Gasteiger partial charge in [-0.1, -0.05) is 0 Å². The van der Waals surface area contributed by atoms with Crippen LogP contribution in [0.25, 0.3) is 0 Å². The predicted octanol–water partition coefficient (Wildman–Crippen LogP) is 3.82. The first-order valence-corrected chi connectivity index (χ1v) is 6.09. The molecule has 0 atom stereocenters. The van der Waals surface area contributed by atoms with Gasteiger partial charge >= 0.3 is 0 Å². The van der Waals surface area contributed by atoms with E-state index in [1.165, 1.54) is 31.4 Å². The number of ketones is 1. The number of hydrogen-bond acceptors (Lipinski definition) is 2. The van der Waals surface area contributed by atoms with Crippen LogP contribution in [0.4, 0.5) is 8.78 Å². The molecule has 0 saturated heterocycles. The maximum atomic E-state index is 13.6. The van der Waals surface area contributed by atoms with Crippen LogP contribution in [0.2, 0.25) is 0 Å². The van der Waals surface area contributed by atoms with E-state index >= 15 is 0 Å². The van der Waals surface area contributed by atoms with E-state index in [0.717, 1.165) is 6.07 Å². The lowest BCUT2D eigenvalue weighted by molar-refractivity contribution is 0.103. The van der Waals surface area contributed by atoms with Gasteiger partial charge in [0.1, 0.15) is 5.82 Å². The molecule has 2 aromatic rings. The van der Waals surface area contributed by atoms with Crippen molar-refractivity contribution in [3.05, 3.63) is 64.2 Å². The Bertz CT molecular complexity index is 655. The number of halogens is 2. The van der Waals surface area contributed by atoms with Crippen molar-refractivity contribution in [3.63, 3.8) is 0 Å². The second-order valence-electron chi connectivity index (χ2n) is 4.60. The van der Waals surface area contributed by atoms with Gasteiger partial charge in [-0.25, -0.2) is 8.78 Å². The second kappa shape index (κ2) is 5.41. The quantitative estimate of drug-likeness (QED) is 0.797. The highest BCUT2D eigenvalue weighted by Crippen LogP contribution is 2.21. The van der Waals surface area contributed by atoms with E-state index in [9.17, 15) is 13.6 Å². The highest BCUT2D eigenvalue weighted by atomic mass is 19.1. The Hall–Kier alpha value is -2.23. The summed E-state index contributed by atoms with van der Waals surface area (Å²) in [5, 5.41) is 0. The topological polar surface area (TPSA) is 26.3 Å². The normalized spacial score (nSPS) is 10.4. The van der Waals surface area contributed by atoms with E-state index in [1.54, 1.807) is 13.8 Å². The summed E-state index contributed by atoms with van der Waals surface area (Å²) in [6.45, 7) is 3.18. The first kappa shape index (κ1) is 14.2. The minimum atomic E-state index is -0.603. The van der Waals surface area contributed by atoms with Crippen molar-refractivity contribution < 1.29 is 18.3 Å². The number of hydrogen-bond donors (Lipinski definition) is 0. The number of ether oxygens (including phenoxy) is 1. The molecule has 0 heterocycles. The molecule has 0 aromatic heterocycles. The van der Waals surface area contributed by atoms with E-state index in [2.05, 4.69) is 0 Å². The molecule has 0 radical (unpaired) electrons. The summed E-state index contributed by atoms with van der Waals surface area (Å²) in [7, 11) is 1.35. The zero-order chi connectivity index (χ0) is 14.9. The molecule has 0 N–H and O–H groups in total. The fourth-order valence-corrected chi connectivity index (χ4v) is 2.05. The molecular weight excluding hydrogens is 262 g/mol. The highest BCUT2D eigenvalue weighted by Gasteiger charge is 2.14. The first-order valence-electron chi connectivity index (χ1n) is 6.09. The molecule has 0 bridgehead atoms. The fourth-order valence-electron chi connectivity index (χ4n) is 2.05. The third-order valence-corrected chi connectivity index (χ3v) is 3.11. The maximum Gasteiger partial charge on any atom is 0.193 e. The number of benzene rings is 2. The summed E-state index contributed by atoms with van der Waals surface area (Å²) in [6.07, 6.45) is 0. The Morgan fingerprint density at radius 2 is 1.60 bits per heavy atom. The third-order valence-electron chi connectivity index (χ3n) is 3.11. The molecule has 0 fully saturated rings. The van der Waals surface area contributed by atoms with Crippen molar-refractivity contribution in [1.29, 1.82) is 0 Å². The van der Waals surface area contributed by atoms with Crippen molar-refractivity contribution >= 4 is 5.78 Å². The Kier molecular flexibility index (Phi) is 3.84. The zero-order valence-electron chi connectivity index (χ0n) is 11.5. The lowest BCUT2D eigenvalue weighted by atomic mass is 9.99. The molecular formula is C16H14F2O2. The third kappa shape index (κ3) is 2.54. The van der Waals surface area contributed by atoms with Crippen LogP contribution in [-0.2, 0) is 0 Å². The lowest BCUT2D eigenvalue weighted by Gasteiger charge is -2.07. The molecule has 2 aromatic carbocycles. The van der Waals surface area contributed by atoms with Crippen LogP contribution in [-0.4, -0.2) is 12.9 Å². The summed E-state index contributed by atoms with van der Waals surface area (Å²) >= 11 is 0. The van der Waals surface area contributed by atoms with E-state index in [4.69, 9.17) is 4.74 Å². The van der Waals surface area contributed by atoms with Crippen molar-refractivity contribution in [2.45, 2.75) is 13.8 Å². The number of aryl methyl sites for hydroxylation is 2. The van der Waals surface area contributed by atoms with Gasteiger partial charge in [-0.3, -0.25) is 4.79 Å². The zero-order valence-corrected chi connectivity index (χ0v) is 11.5. The Labute approximate surface area is 116 Å². The molecule has 0 unspecified atom stereocenters. The second-order valence-corrected chi connectivity index (χ2v) is 4.60. The van der Waals surface area contributed by atoms with Crippen molar-refractivity contribution in [1.82, 2.24) is 0 Å². The molecule has 0 aliphatic carbocycles. The van der Waals surface area contributed by atoms with Crippen LogP contribution in [0.15, 0.2) is 30.3 Å². The molecule has 2 nitrogen and oxygen atoms in total. The van der Waals surface area contributed by atoms with Crippen LogP contribution >= 0.6 is 0 Å². The largest absolute Gasteiger partial charge is 0.494 e. The molecule has 0 aliphatic heterocycles. The Morgan fingerprint density at radius 3 is 2.10 bits per heavy atom. The Morgan fingerprint density at radius 1 is 1.00 bits per heavy atom. The van der Waals surface area contributed by atoms with Gasteiger partial charge in [0.2, 0.25) is 0 Å². The van der Waals surface area contributed by atoms with E-state index in [-0.39, 0.29) is 22.9 Å². The van der Waals surface area contributed by atoms with Gasteiger partial charge in [0.25, 0.3) is 0 Å². The van der Waals surface area contributed by atoms with E-state index in [1.807, 2.05) is 0 Å². The molecule has 0 saturated carbocycles. The predicted molar refractivity (Wildman–Crippen MR) is 72.3 cm³/mol. The summed E-state index contributed by atoms with van der Waals surface area (Å²) in [5.74, 6) is -1.21. The smallest absolute Gasteiger partial charge is 0.193 e. The number of carbonyl (C=O) groups is 1. The molecule has 104 valence electrons. The van der Waals surface area contributed by atoms with Crippen LogP contribution in [0, 0.1) is 25.5 Å². The van der Waals surface area contributed by atoms with Gasteiger partial charge in [-0.2, -0.15) is 0 Å². The van der Waals surface area contributed by atoms with Crippen LogP contribution in [0.1, 0.15) is 27.0 Å². The van der Waals surface area contributed by atoms with Gasteiger partial charge in [0.15, 0.2) is 17.3 Å². The average molecular weight is 276 g/mol. The maximum absolute atomic E-state index is 13.6. The number of rotatable bonds is 3. The summed E-state index contributed by atoms with van der Waals surface area (Å²) in [6, 6.07) is 6.93. The van der Waals surface area contributed by atoms with Gasteiger partial charge in [0, 0.05) is 11.1 Å². The lowest BCUT2D eigenvalue weighted by Crippen LogP contribution is -2.04. The molecule has 0 amide bonds. The minimum absolute atomic E-state index is 0.0769. The summed E-state index contributed by atoms with van der Waals surface area (Å²) < 4.78 is 32.0. The molecule has 20 heavy (non-hydrogen) atoms. The standard InChI is InChI=1S/C16H14F2O2/c1-9-6-12(7-10(2)15(9)18)16(19)11-4-5-14(20-3)13(17)8-11/h4-8H,1-3H3. The van der Waals surface area contributed by atoms with Crippen molar-refractivity contribution in [2.24, 2.45) is 0 Å². The van der Waals surface area contributed by atoms with Gasteiger partial charge in [-0.15, -0.1) is 0 Å². The molecule has 0 aliphatic rings. The monoisotopic (exact) mass is 276 g/mol. The molecule has 4 heteroatoms. The van der Waals surface area contributed by atoms with Crippen LogP contribution < -0.4 is 4.74 Å².